The Balaban J connectivity index is 1.58. The molecule has 10 heteroatoms. The van der Waals surface area contributed by atoms with Gasteiger partial charge < -0.3 is 15.6 Å². The second-order valence-electron chi connectivity index (χ2n) is 6.82. The molecule has 0 unspecified atom stereocenters. The summed E-state index contributed by atoms with van der Waals surface area (Å²) in [6.45, 7) is 0. The molecule has 0 fully saturated rings. The van der Waals surface area contributed by atoms with Crippen LogP contribution in [0, 0.1) is 5.82 Å². The fourth-order valence-corrected chi connectivity index (χ4v) is 4.16. The van der Waals surface area contributed by atoms with E-state index < -0.39 is 23.3 Å². The van der Waals surface area contributed by atoms with Gasteiger partial charge in [0.2, 0.25) is 11.8 Å². The van der Waals surface area contributed by atoms with E-state index >= 15 is 0 Å². The number of nitrogens with one attached hydrogen (secondary N) is 3. The SMILES string of the molecule is O=C1C[C@@H](C(=O)Nc2ccccc2Cl)c2c(nc(SCc3ccc(F)cc3)[nH]c2=O)N1. The summed E-state index contributed by atoms with van der Waals surface area (Å²) >= 11 is 7.31. The van der Waals surface area contributed by atoms with E-state index in [9.17, 15) is 18.8 Å². The number of H-pyrrole nitrogens is 1. The van der Waals surface area contributed by atoms with Crippen LogP contribution in [-0.4, -0.2) is 21.8 Å². The molecular formula is C21H16ClFN4O3S. The summed E-state index contributed by atoms with van der Waals surface area (Å²) in [5, 5.41) is 5.86. The molecule has 158 valence electrons. The lowest BCUT2D eigenvalue weighted by molar-refractivity contribution is -0.123. The van der Waals surface area contributed by atoms with E-state index in [-0.39, 0.29) is 28.8 Å². The monoisotopic (exact) mass is 458 g/mol. The van der Waals surface area contributed by atoms with Crippen LogP contribution in [0.4, 0.5) is 15.9 Å². The van der Waals surface area contributed by atoms with E-state index in [1.54, 1.807) is 36.4 Å². The van der Waals surface area contributed by atoms with Gasteiger partial charge >= 0.3 is 0 Å². The number of nitrogens with zero attached hydrogens (tertiary/aromatic N) is 1. The van der Waals surface area contributed by atoms with Crippen molar-refractivity contribution in [3.05, 3.63) is 80.9 Å². The minimum Gasteiger partial charge on any atom is -0.324 e. The molecule has 3 aromatic rings. The summed E-state index contributed by atoms with van der Waals surface area (Å²) in [5.74, 6) is -1.79. The molecule has 1 aliphatic heterocycles. The van der Waals surface area contributed by atoms with Crippen molar-refractivity contribution in [3.8, 4) is 0 Å². The molecule has 0 saturated carbocycles. The van der Waals surface area contributed by atoms with E-state index in [4.69, 9.17) is 11.6 Å². The average molecular weight is 459 g/mol. The Kier molecular flexibility index (Phi) is 6.06. The second-order valence-corrected chi connectivity index (χ2v) is 8.19. The van der Waals surface area contributed by atoms with E-state index in [1.807, 2.05) is 0 Å². The predicted molar refractivity (Wildman–Crippen MR) is 117 cm³/mol. The van der Waals surface area contributed by atoms with E-state index in [1.165, 1.54) is 23.9 Å². The predicted octanol–water partition coefficient (Wildman–Crippen LogP) is 3.92. The fourth-order valence-electron chi connectivity index (χ4n) is 3.16. The van der Waals surface area contributed by atoms with Crippen molar-refractivity contribution in [1.29, 1.82) is 0 Å². The number of rotatable bonds is 5. The van der Waals surface area contributed by atoms with Crippen LogP contribution in [0.2, 0.25) is 5.02 Å². The Morgan fingerprint density at radius 3 is 2.68 bits per heavy atom. The summed E-state index contributed by atoms with van der Waals surface area (Å²) < 4.78 is 13.0. The van der Waals surface area contributed by atoms with Crippen LogP contribution < -0.4 is 16.2 Å². The van der Waals surface area contributed by atoms with Crippen LogP contribution in [0.3, 0.4) is 0 Å². The number of fused-ring (bicyclic) bond motifs is 1. The number of anilines is 2. The fraction of sp³-hybridized carbons (Fsp3) is 0.143. The van der Waals surface area contributed by atoms with Gasteiger partial charge in [-0.25, -0.2) is 9.37 Å². The maximum atomic E-state index is 13.0. The molecule has 0 radical (unpaired) electrons. The highest BCUT2D eigenvalue weighted by Gasteiger charge is 2.35. The van der Waals surface area contributed by atoms with Gasteiger partial charge in [-0.05, 0) is 29.8 Å². The number of benzene rings is 2. The van der Waals surface area contributed by atoms with Gasteiger partial charge in [-0.3, -0.25) is 14.4 Å². The standard InChI is InChI=1S/C21H16ClFN4O3S/c22-14-3-1-2-4-15(14)24-19(29)13-9-16(28)25-18-17(13)20(30)27-21(26-18)31-10-11-5-7-12(23)8-6-11/h1-8,13H,9-10H2,(H,24,29)(H2,25,26,27,28,30)/t13-/m1/s1. The molecule has 2 aromatic carbocycles. The van der Waals surface area contributed by atoms with E-state index in [2.05, 4.69) is 20.6 Å². The van der Waals surface area contributed by atoms with Crippen LogP contribution >= 0.6 is 23.4 Å². The first kappa shape index (κ1) is 21.1. The third-order valence-electron chi connectivity index (χ3n) is 4.67. The summed E-state index contributed by atoms with van der Waals surface area (Å²) in [6, 6.07) is 12.6. The zero-order chi connectivity index (χ0) is 22.0. The number of carbonyl (C=O) groups is 2. The van der Waals surface area contributed by atoms with Crippen LogP contribution in [0.15, 0.2) is 58.5 Å². The van der Waals surface area contributed by atoms with Gasteiger partial charge in [0.05, 0.1) is 22.2 Å². The smallest absolute Gasteiger partial charge is 0.257 e. The molecule has 1 aliphatic rings. The molecule has 7 nitrogen and oxygen atoms in total. The van der Waals surface area contributed by atoms with Gasteiger partial charge in [-0.15, -0.1) is 0 Å². The zero-order valence-electron chi connectivity index (χ0n) is 15.9. The summed E-state index contributed by atoms with van der Waals surface area (Å²) in [7, 11) is 0. The van der Waals surface area contributed by atoms with E-state index in [0.717, 1.165) is 5.56 Å². The van der Waals surface area contributed by atoms with Crippen LogP contribution in [0.1, 0.15) is 23.5 Å². The topological polar surface area (TPSA) is 104 Å². The number of thioether (sulfide) groups is 1. The van der Waals surface area contributed by atoms with Crippen molar-refractivity contribution in [2.75, 3.05) is 10.6 Å². The number of para-hydroxylation sites is 1. The Hall–Kier alpha value is -3.17. The Labute approximate surface area is 185 Å². The highest BCUT2D eigenvalue weighted by molar-refractivity contribution is 7.98. The highest BCUT2D eigenvalue weighted by atomic mass is 35.5. The lowest BCUT2D eigenvalue weighted by atomic mass is 9.92. The van der Waals surface area contributed by atoms with Gasteiger partial charge in [0.15, 0.2) is 5.16 Å². The van der Waals surface area contributed by atoms with Crippen LogP contribution in [0.5, 0.6) is 0 Å². The summed E-state index contributed by atoms with van der Waals surface area (Å²) in [6.07, 6.45) is -0.184. The molecule has 0 spiro atoms. The third-order valence-corrected chi connectivity index (χ3v) is 5.94. The second kappa shape index (κ2) is 8.91. The van der Waals surface area contributed by atoms with Gasteiger partial charge in [-0.2, -0.15) is 0 Å². The molecule has 31 heavy (non-hydrogen) atoms. The normalized spacial score (nSPS) is 15.2. The van der Waals surface area contributed by atoms with Gasteiger partial charge in [-0.1, -0.05) is 47.6 Å². The number of aromatic nitrogens is 2. The van der Waals surface area contributed by atoms with Gasteiger partial charge in [0.25, 0.3) is 5.56 Å². The average Bonchev–Trinajstić information content (AvgIpc) is 2.74. The Morgan fingerprint density at radius 2 is 1.94 bits per heavy atom. The first-order chi connectivity index (χ1) is 14.9. The maximum Gasteiger partial charge on any atom is 0.257 e. The number of aromatic amines is 1. The minimum absolute atomic E-state index is 0.0564. The zero-order valence-corrected chi connectivity index (χ0v) is 17.5. The number of halogens is 2. The van der Waals surface area contributed by atoms with Crippen molar-refractivity contribution < 1.29 is 14.0 Å². The van der Waals surface area contributed by atoms with Crippen molar-refractivity contribution in [3.63, 3.8) is 0 Å². The molecule has 1 aromatic heterocycles. The molecule has 2 amide bonds. The van der Waals surface area contributed by atoms with E-state index in [0.29, 0.717) is 16.5 Å². The Bertz CT molecular complexity index is 1220. The number of carbonyl (C=O) groups excluding carboxylic acids is 2. The van der Waals surface area contributed by atoms with Gasteiger partial charge in [0, 0.05) is 12.2 Å². The molecule has 0 aliphatic carbocycles. The molecule has 0 saturated heterocycles. The third kappa shape index (κ3) is 4.78. The summed E-state index contributed by atoms with van der Waals surface area (Å²) in [5.41, 5.74) is 0.812. The van der Waals surface area contributed by atoms with Crippen molar-refractivity contribution in [1.82, 2.24) is 9.97 Å². The molecular weight excluding hydrogens is 443 g/mol. The largest absolute Gasteiger partial charge is 0.324 e. The first-order valence-corrected chi connectivity index (χ1v) is 10.6. The first-order valence-electron chi connectivity index (χ1n) is 9.27. The quantitative estimate of drug-likeness (QED) is 0.397. The van der Waals surface area contributed by atoms with Crippen molar-refractivity contribution in [2.24, 2.45) is 0 Å². The molecule has 3 N–H and O–H groups in total. The van der Waals surface area contributed by atoms with Crippen LogP contribution in [-0.2, 0) is 15.3 Å². The maximum absolute atomic E-state index is 13.0. The molecule has 4 rings (SSSR count). The van der Waals surface area contributed by atoms with Gasteiger partial charge in [0.1, 0.15) is 11.6 Å². The number of hydrogen-bond donors (Lipinski definition) is 3. The summed E-state index contributed by atoms with van der Waals surface area (Å²) in [4.78, 5) is 44.8. The molecule has 0 bridgehead atoms. The van der Waals surface area contributed by atoms with Crippen LogP contribution in [0.25, 0.3) is 0 Å². The molecule has 1 atom stereocenters. The van der Waals surface area contributed by atoms with Crippen molar-refractivity contribution >= 4 is 46.7 Å². The Morgan fingerprint density at radius 1 is 1.19 bits per heavy atom. The number of hydrogen-bond acceptors (Lipinski definition) is 5. The molecule has 2 heterocycles. The highest BCUT2D eigenvalue weighted by Crippen LogP contribution is 2.31. The lowest BCUT2D eigenvalue weighted by Gasteiger charge is -2.23. The number of amides is 2. The lowest BCUT2D eigenvalue weighted by Crippen LogP contribution is -2.36. The van der Waals surface area contributed by atoms with Crippen molar-refractivity contribution in [2.45, 2.75) is 23.2 Å². The minimum atomic E-state index is -1.01.